The van der Waals surface area contributed by atoms with E-state index in [1.165, 1.54) is 0 Å². The Balaban J connectivity index is 2.20. The van der Waals surface area contributed by atoms with Crippen molar-refractivity contribution < 1.29 is 22.3 Å². The van der Waals surface area contributed by atoms with E-state index in [4.69, 9.17) is 10.5 Å². The molecule has 1 aromatic heterocycles. The van der Waals surface area contributed by atoms with Crippen LogP contribution in [0.3, 0.4) is 0 Å². The van der Waals surface area contributed by atoms with Crippen molar-refractivity contribution >= 4 is 16.5 Å². The number of hydrogen-bond donors (Lipinski definition) is 1. The van der Waals surface area contributed by atoms with Crippen molar-refractivity contribution in [2.75, 3.05) is 5.73 Å². The van der Waals surface area contributed by atoms with Gasteiger partial charge in [0.15, 0.2) is 5.01 Å². The maximum absolute atomic E-state index is 12.9. The Morgan fingerprint density at radius 2 is 2.00 bits per heavy atom. The van der Waals surface area contributed by atoms with Crippen LogP contribution in [0.25, 0.3) is 0 Å². The van der Waals surface area contributed by atoms with Gasteiger partial charge in [-0.2, -0.15) is 13.2 Å². The number of aromatic nitrogens is 2. The van der Waals surface area contributed by atoms with Crippen LogP contribution < -0.4 is 10.5 Å². The zero-order chi connectivity index (χ0) is 14.0. The quantitative estimate of drug-likeness (QED) is 0.884. The Kier molecular flexibility index (Phi) is 3.56. The van der Waals surface area contributed by atoms with E-state index < -0.39 is 23.3 Å². The van der Waals surface area contributed by atoms with Gasteiger partial charge in [0.25, 0.3) is 0 Å². The monoisotopic (exact) mass is 293 g/mol. The molecule has 1 aromatic carbocycles. The molecule has 4 nitrogen and oxygen atoms in total. The molecule has 0 fully saturated rings. The van der Waals surface area contributed by atoms with Crippen molar-refractivity contribution in [3.63, 3.8) is 0 Å². The second kappa shape index (κ2) is 5.00. The summed E-state index contributed by atoms with van der Waals surface area (Å²) in [5.74, 6) is -1.46. The topological polar surface area (TPSA) is 61.0 Å². The van der Waals surface area contributed by atoms with Gasteiger partial charge in [-0.3, -0.25) is 0 Å². The van der Waals surface area contributed by atoms with Crippen molar-refractivity contribution in [3.8, 4) is 5.75 Å². The summed E-state index contributed by atoms with van der Waals surface area (Å²) in [6.45, 7) is -0.219. The first-order chi connectivity index (χ1) is 8.86. The highest BCUT2D eigenvalue weighted by Crippen LogP contribution is 2.37. The molecule has 2 aromatic rings. The molecule has 0 amide bonds. The van der Waals surface area contributed by atoms with Crippen LogP contribution in [0.15, 0.2) is 18.2 Å². The summed E-state index contributed by atoms with van der Waals surface area (Å²) in [6, 6.07) is 2.19. The molecule has 9 heteroatoms. The first kappa shape index (κ1) is 13.5. The van der Waals surface area contributed by atoms with Crippen molar-refractivity contribution in [1.82, 2.24) is 10.2 Å². The number of benzene rings is 1. The van der Waals surface area contributed by atoms with Gasteiger partial charge in [0.2, 0.25) is 5.13 Å². The molecule has 102 valence electrons. The van der Waals surface area contributed by atoms with Gasteiger partial charge in [-0.15, -0.1) is 10.2 Å². The van der Waals surface area contributed by atoms with E-state index in [0.29, 0.717) is 11.1 Å². The number of nitrogens with zero attached hydrogens (tertiary/aromatic N) is 2. The third kappa shape index (κ3) is 3.31. The molecule has 0 bridgehead atoms. The number of nitrogens with two attached hydrogens (primary N) is 1. The highest BCUT2D eigenvalue weighted by atomic mass is 32.1. The number of hydrogen-bond acceptors (Lipinski definition) is 5. The minimum Gasteiger partial charge on any atom is -0.486 e. The molecular formula is C10H7F4N3OS. The summed E-state index contributed by atoms with van der Waals surface area (Å²) in [5.41, 5.74) is 4.15. The standard InChI is InChI=1S/C10H7F4N3OS/c11-5-1-2-7(6(3-5)10(12,13)14)18-4-8-16-17-9(15)19-8/h1-3H,4H2,(H2,15,17). The van der Waals surface area contributed by atoms with E-state index in [9.17, 15) is 17.6 Å². The average Bonchev–Trinajstić information content (AvgIpc) is 2.72. The predicted octanol–water partition coefficient (Wildman–Crippen LogP) is 2.86. The van der Waals surface area contributed by atoms with Crippen LogP contribution in [0, 0.1) is 5.82 Å². The van der Waals surface area contributed by atoms with Crippen molar-refractivity contribution in [2.45, 2.75) is 12.8 Å². The summed E-state index contributed by atoms with van der Waals surface area (Å²) in [4.78, 5) is 0. The summed E-state index contributed by atoms with van der Waals surface area (Å²) >= 11 is 0.999. The highest BCUT2D eigenvalue weighted by molar-refractivity contribution is 7.15. The van der Waals surface area contributed by atoms with Gasteiger partial charge in [0, 0.05) is 0 Å². The van der Waals surface area contributed by atoms with Crippen molar-refractivity contribution in [1.29, 1.82) is 0 Å². The molecule has 0 unspecified atom stereocenters. The molecule has 0 saturated heterocycles. The maximum Gasteiger partial charge on any atom is 0.420 e. The first-order valence-electron chi connectivity index (χ1n) is 4.93. The number of anilines is 1. The summed E-state index contributed by atoms with van der Waals surface area (Å²) in [5, 5.41) is 7.62. The summed E-state index contributed by atoms with van der Waals surface area (Å²) in [6.07, 6.45) is -4.70. The lowest BCUT2D eigenvalue weighted by molar-refractivity contribution is -0.139. The van der Waals surface area contributed by atoms with E-state index in [-0.39, 0.29) is 11.7 Å². The summed E-state index contributed by atoms with van der Waals surface area (Å²) < 4.78 is 55.8. The molecule has 19 heavy (non-hydrogen) atoms. The first-order valence-corrected chi connectivity index (χ1v) is 5.75. The van der Waals surface area contributed by atoms with Crippen molar-refractivity contribution in [3.05, 3.63) is 34.6 Å². The van der Waals surface area contributed by atoms with Crippen LogP contribution in [0.1, 0.15) is 10.6 Å². The molecule has 0 radical (unpaired) electrons. The van der Waals surface area contributed by atoms with Crippen LogP contribution in [-0.4, -0.2) is 10.2 Å². The number of rotatable bonds is 3. The molecule has 0 saturated carbocycles. The van der Waals surface area contributed by atoms with Gasteiger partial charge in [-0.1, -0.05) is 11.3 Å². The molecule has 1 heterocycles. The maximum atomic E-state index is 12.9. The Bertz CT molecular complexity index is 584. The molecular weight excluding hydrogens is 286 g/mol. The fraction of sp³-hybridized carbons (Fsp3) is 0.200. The van der Waals surface area contributed by atoms with Crippen LogP contribution in [0.4, 0.5) is 22.7 Å². The van der Waals surface area contributed by atoms with E-state index in [1.54, 1.807) is 0 Å². The number of nitrogen functional groups attached to an aromatic ring is 1. The van der Waals surface area contributed by atoms with E-state index in [0.717, 1.165) is 23.5 Å². The van der Waals surface area contributed by atoms with Crippen LogP contribution >= 0.6 is 11.3 Å². The third-order valence-electron chi connectivity index (χ3n) is 2.08. The second-order valence-corrected chi connectivity index (χ2v) is 4.55. The molecule has 0 aliphatic heterocycles. The lowest BCUT2D eigenvalue weighted by atomic mass is 10.2. The van der Waals surface area contributed by atoms with E-state index in [2.05, 4.69) is 10.2 Å². The number of alkyl halides is 3. The van der Waals surface area contributed by atoms with E-state index in [1.807, 2.05) is 0 Å². The zero-order valence-corrected chi connectivity index (χ0v) is 10.1. The normalized spacial score (nSPS) is 11.6. The molecule has 2 rings (SSSR count). The predicted molar refractivity (Wildman–Crippen MR) is 60.1 cm³/mol. The van der Waals surface area contributed by atoms with Crippen molar-refractivity contribution in [2.24, 2.45) is 0 Å². The van der Waals surface area contributed by atoms with E-state index >= 15 is 0 Å². The van der Waals surface area contributed by atoms with Gasteiger partial charge in [0.05, 0.1) is 0 Å². The number of ether oxygens (including phenoxy) is 1. The second-order valence-electron chi connectivity index (χ2n) is 3.46. The molecule has 0 aliphatic carbocycles. The Morgan fingerprint density at radius 1 is 1.26 bits per heavy atom. The van der Waals surface area contributed by atoms with Gasteiger partial charge in [0.1, 0.15) is 23.7 Å². The molecule has 0 spiro atoms. The minimum absolute atomic E-state index is 0.189. The Labute approximate surface area is 108 Å². The molecule has 0 aliphatic rings. The van der Waals surface area contributed by atoms with Gasteiger partial charge < -0.3 is 10.5 Å². The zero-order valence-electron chi connectivity index (χ0n) is 9.24. The lowest BCUT2D eigenvalue weighted by Gasteiger charge is -2.13. The molecule has 2 N–H and O–H groups in total. The van der Waals surface area contributed by atoms with Gasteiger partial charge in [-0.05, 0) is 18.2 Å². The fourth-order valence-corrected chi connectivity index (χ4v) is 1.84. The van der Waals surface area contributed by atoms with Gasteiger partial charge >= 0.3 is 6.18 Å². The average molecular weight is 293 g/mol. The minimum atomic E-state index is -4.70. The van der Waals surface area contributed by atoms with Crippen LogP contribution in [0.2, 0.25) is 0 Å². The molecule has 0 atom stereocenters. The smallest absolute Gasteiger partial charge is 0.420 e. The summed E-state index contributed by atoms with van der Waals surface area (Å²) in [7, 11) is 0. The van der Waals surface area contributed by atoms with Gasteiger partial charge in [-0.25, -0.2) is 4.39 Å². The largest absolute Gasteiger partial charge is 0.486 e. The lowest BCUT2D eigenvalue weighted by Crippen LogP contribution is -2.09. The Morgan fingerprint density at radius 3 is 2.58 bits per heavy atom. The fourth-order valence-electron chi connectivity index (χ4n) is 1.31. The third-order valence-corrected chi connectivity index (χ3v) is 2.81. The van der Waals surface area contributed by atoms with Crippen LogP contribution in [-0.2, 0) is 12.8 Å². The SMILES string of the molecule is Nc1nnc(COc2ccc(F)cc2C(F)(F)F)s1. The highest BCUT2D eigenvalue weighted by Gasteiger charge is 2.35. The Hall–Kier alpha value is -1.90. The van der Waals surface area contributed by atoms with Crippen LogP contribution in [0.5, 0.6) is 5.75 Å². The number of halogens is 4.